The van der Waals surface area contributed by atoms with E-state index in [-0.39, 0.29) is 0 Å². The van der Waals surface area contributed by atoms with Gasteiger partial charge in [0.15, 0.2) is 0 Å². The summed E-state index contributed by atoms with van der Waals surface area (Å²) in [5.41, 5.74) is 7.57. The molecule has 0 saturated carbocycles. The lowest BCUT2D eigenvalue weighted by atomic mass is 10.0. The van der Waals surface area contributed by atoms with E-state index in [4.69, 9.17) is 5.10 Å². The predicted molar refractivity (Wildman–Crippen MR) is 93.8 cm³/mol. The minimum atomic E-state index is 0.906. The van der Waals surface area contributed by atoms with Crippen LogP contribution < -0.4 is 0 Å². The Bertz CT molecular complexity index is 964. The average Bonchev–Trinajstić information content (AvgIpc) is 3.00. The summed E-state index contributed by atoms with van der Waals surface area (Å²) < 4.78 is 0. The molecule has 112 valence electrons. The van der Waals surface area contributed by atoms with Crippen LogP contribution in [0.15, 0.2) is 66.7 Å². The number of aromatic nitrogens is 3. The maximum Gasteiger partial charge on any atom is 0.121 e. The Kier molecular flexibility index (Phi) is 3.19. The molecule has 3 nitrogen and oxygen atoms in total. The zero-order valence-electron chi connectivity index (χ0n) is 13.2. The number of nitrogens with zero attached hydrogens (tertiary/aromatic N) is 3. The van der Waals surface area contributed by atoms with Gasteiger partial charge >= 0.3 is 0 Å². The van der Waals surface area contributed by atoms with Crippen LogP contribution in [0.25, 0.3) is 27.8 Å². The van der Waals surface area contributed by atoms with Gasteiger partial charge in [0.25, 0.3) is 0 Å². The van der Waals surface area contributed by atoms with Crippen molar-refractivity contribution in [1.82, 2.24) is 15.0 Å². The molecule has 0 bridgehead atoms. The molecule has 0 radical (unpaired) electrons. The van der Waals surface area contributed by atoms with Gasteiger partial charge in [-0.2, -0.15) is 4.80 Å². The van der Waals surface area contributed by atoms with Crippen molar-refractivity contribution >= 4 is 11.0 Å². The molecular formula is C20H17N3. The lowest BCUT2D eigenvalue weighted by Crippen LogP contribution is -1.98. The fourth-order valence-electron chi connectivity index (χ4n) is 2.70. The molecule has 0 fully saturated rings. The summed E-state index contributed by atoms with van der Waals surface area (Å²) in [7, 11) is 0. The first-order valence-corrected chi connectivity index (χ1v) is 7.71. The summed E-state index contributed by atoms with van der Waals surface area (Å²) in [6.07, 6.45) is 0. The quantitative estimate of drug-likeness (QED) is 0.537. The molecule has 0 aliphatic rings. The molecule has 0 N–H and O–H groups in total. The molecule has 0 aliphatic carbocycles. The van der Waals surface area contributed by atoms with Crippen molar-refractivity contribution < 1.29 is 0 Å². The van der Waals surface area contributed by atoms with Gasteiger partial charge in [0, 0.05) is 5.56 Å². The normalized spacial score (nSPS) is 11.0. The molecule has 0 unspecified atom stereocenters. The van der Waals surface area contributed by atoms with Crippen LogP contribution in [0.4, 0.5) is 0 Å². The maximum absolute atomic E-state index is 4.72. The first-order chi connectivity index (χ1) is 11.2. The Morgan fingerprint density at radius 3 is 2.04 bits per heavy atom. The van der Waals surface area contributed by atoms with Crippen LogP contribution in [0.2, 0.25) is 0 Å². The molecule has 4 aromatic rings. The van der Waals surface area contributed by atoms with Gasteiger partial charge in [0.2, 0.25) is 0 Å². The Morgan fingerprint density at radius 2 is 1.35 bits per heavy atom. The predicted octanol–water partition coefficient (Wildman–Crippen LogP) is 4.70. The van der Waals surface area contributed by atoms with Crippen LogP contribution in [0.1, 0.15) is 11.1 Å². The lowest BCUT2D eigenvalue weighted by molar-refractivity contribution is 0.765. The smallest absolute Gasteiger partial charge is 0.121 e. The average molecular weight is 299 g/mol. The molecular weight excluding hydrogens is 282 g/mol. The Labute approximate surface area is 135 Å². The van der Waals surface area contributed by atoms with E-state index in [9.17, 15) is 0 Å². The van der Waals surface area contributed by atoms with Crippen molar-refractivity contribution in [2.45, 2.75) is 13.8 Å². The van der Waals surface area contributed by atoms with Gasteiger partial charge in [-0.15, -0.1) is 10.2 Å². The van der Waals surface area contributed by atoms with E-state index in [0.29, 0.717) is 0 Å². The highest BCUT2D eigenvalue weighted by atomic mass is 15.5. The number of fused-ring (bicyclic) bond motifs is 1. The summed E-state index contributed by atoms with van der Waals surface area (Å²) in [4.78, 5) is 1.71. The molecule has 0 atom stereocenters. The van der Waals surface area contributed by atoms with Gasteiger partial charge < -0.3 is 0 Å². The zero-order valence-corrected chi connectivity index (χ0v) is 13.2. The van der Waals surface area contributed by atoms with Gasteiger partial charge in [0.05, 0.1) is 5.69 Å². The third-order valence-electron chi connectivity index (χ3n) is 4.04. The van der Waals surface area contributed by atoms with Crippen LogP contribution in [-0.4, -0.2) is 15.0 Å². The van der Waals surface area contributed by atoms with Crippen molar-refractivity contribution in [2.24, 2.45) is 0 Å². The molecule has 0 aliphatic heterocycles. The van der Waals surface area contributed by atoms with Crippen LogP contribution in [0.3, 0.4) is 0 Å². The minimum Gasteiger partial charge on any atom is -0.150 e. The molecule has 1 aromatic heterocycles. The van der Waals surface area contributed by atoms with E-state index in [1.807, 2.05) is 24.3 Å². The summed E-state index contributed by atoms with van der Waals surface area (Å²) >= 11 is 0. The molecule has 0 spiro atoms. The summed E-state index contributed by atoms with van der Waals surface area (Å²) in [5, 5.41) is 9.34. The van der Waals surface area contributed by atoms with Crippen LogP contribution in [0.5, 0.6) is 0 Å². The summed E-state index contributed by atoms with van der Waals surface area (Å²) in [6, 6.07) is 22.9. The van der Waals surface area contributed by atoms with Crippen molar-refractivity contribution in [3.63, 3.8) is 0 Å². The molecule has 4 rings (SSSR count). The van der Waals surface area contributed by atoms with E-state index in [0.717, 1.165) is 27.8 Å². The first-order valence-electron chi connectivity index (χ1n) is 7.71. The fourth-order valence-corrected chi connectivity index (χ4v) is 2.70. The highest BCUT2D eigenvalue weighted by molar-refractivity contribution is 5.91. The number of aryl methyl sites for hydroxylation is 2. The minimum absolute atomic E-state index is 0.906. The lowest BCUT2D eigenvalue weighted by Gasteiger charge is -2.02. The zero-order chi connectivity index (χ0) is 15.8. The fraction of sp³-hybridized carbons (Fsp3) is 0.100. The van der Waals surface area contributed by atoms with Crippen molar-refractivity contribution in [2.75, 3.05) is 0 Å². The summed E-state index contributed by atoms with van der Waals surface area (Å²) in [6.45, 7) is 4.17. The Hall–Kier alpha value is -2.94. The molecule has 3 heteroatoms. The number of benzene rings is 3. The van der Waals surface area contributed by atoms with Crippen molar-refractivity contribution in [3.8, 4) is 16.8 Å². The molecule has 23 heavy (non-hydrogen) atoms. The Morgan fingerprint density at radius 1 is 0.696 bits per heavy atom. The second kappa shape index (κ2) is 5.36. The van der Waals surface area contributed by atoms with Gasteiger partial charge in [-0.3, -0.25) is 0 Å². The standard InChI is InChI=1S/C20H17N3/c1-14-6-10-16(11-7-14)18-4-3-5-19-20(18)22-23(21-19)17-12-8-15(2)9-13-17/h3-13H,1-2H3. The van der Waals surface area contributed by atoms with Crippen LogP contribution in [0, 0.1) is 13.8 Å². The molecule has 0 amide bonds. The van der Waals surface area contributed by atoms with Gasteiger partial charge in [-0.25, -0.2) is 0 Å². The van der Waals surface area contributed by atoms with Crippen LogP contribution in [-0.2, 0) is 0 Å². The van der Waals surface area contributed by atoms with E-state index in [1.54, 1.807) is 4.80 Å². The summed E-state index contributed by atoms with van der Waals surface area (Å²) in [5.74, 6) is 0. The van der Waals surface area contributed by atoms with E-state index >= 15 is 0 Å². The van der Waals surface area contributed by atoms with Gasteiger partial charge in [-0.1, -0.05) is 59.7 Å². The topological polar surface area (TPSA) is 30.7 Å². The van der Waals surface area contributed by atoms with Gasteiger partial charge in [-0.05, 0) is 37.6 Å². The highest BCUT2D eigenvalue weighted by Crippen LogP contribution is 2.27. The SMILES string of the molecule is Cc1ccc(-c2cccc3nn(-c4ccc(C)cc4)nc23)cc1. The largest absolute Gasteiger partial charge is 0.150 e. The molecule has 3 aromatic carbocycles. The molecule has 0 saturated heterocycles. The van der Waals surface area contributed by atoms with Crippen LogP contribution >= 0.6 is 0 Å². The van der Waals surface area contributed by atoms with E-state index < -0.39 is 0 Å². The molecule has 1 heterocycles. The van der Waals surface area contributed by atoms with Gasteiger partial charge in [0.1, 0.15) is 11.0 Å². The second-order valence-electron chi connectivity index (χ2n) is 5.86. The first kappa shape index (κ1) is 13.7. The Balaban J connectivity index is 1.87. The maximum atomic E-state index is 4.72. The van der Waals surface area contributed by atoms with Crippen molar-refractivity contribution in [1.29, 1.82) is 0 Å². The third-order valence-corrected chi connectivity index (χ3v) is 4.04. The number of hydrogen-bond donors (Lipinski definition) is 0. The van der Waals surface area contributed by atoms with Crippen molar-refractivity contribution in [3.05, 3.63) is 77.9 Å². The van der Waals surface area contributed by atoms with E-state index in [1.165, 1.54) is 11.1 Å². The highest BCUT2D eigenvalue weighted by Gasteiger charge is 2.10. The third kappa shape index (κ3) is 2.50. The number of rotatable bonds is 2. The van der Waals surface area contributed by atoms with E-state index in [2.05, 4.69) is 61.4 Å². The second-order valence-corrected chi connectivity index (χ2v) is 5.86. The monoisotopic (exact) mass is 299 g/mol. The number of hydrogen-bond acceptors (Lipinski definition) is 2.